The Morgan fingerprint density at radius 2 is 2.43 bits per heavy atom. The van der Waals surface area contributed by atoms with Gasteiger partial charge in [0.25, 0.3) is 0 Å². The Kier molecular flexibility index (Phi) is 4.97. The average Bonchev–Trinajstić information content (AvgIpc) is 2.26. The number of ether oxygens (including phenoxy) is 2. The van der Waals surface area contributed by atoms with E-state index in [0.717, 1.165) is 19.4 Å². The van der Waals surface area contributed by atoms with Crippen LogP contribution < -0.4 is 5.32 Å². The molecule has 4 nitrogen and oxygen atoms in total. The van der Waals surface area contributed by atoms with Gasteiger partial charge in [-0.25, -0.2) is 0 Å². The summed E-state index contributed by atoms with van der Waals surface area (Å²) in [5.41, 5.74) is 0. The van der Waals surface area contributed by atoms with Crippen molar-refractivity contribution < 1.29 is 9.47 Å². The monoisotopic (exact) mass is 262 g/mol. The van der Waals surface area contributed by atoms with Gasteiger partial charge in [0.2, 0.25) is 5.90 Å². The summed E-state index contributed by atoms with van der Waals surface area (Å²) in [7, 11) is 1.47. The molecule has 1 rings (SSSR count). The molecule has 0 saturated carbocycles. The van der Waals surface area contributed by atoms with Crippen LogP contribution in [0.15, 0.2) is 10.7 Å². The van der Waals surface area contributed by atoms with E-state index in [-0.39, 0.29) is 12.1 Å². The molecule has 0 spiro atoms. The molecule has 2 N–H and O–H groups in total. The zero-order valence-electron chi connectivity index (χ0n) is 8.18. The summed E-state index contributed by atoms with van der Waals surface area (Å²) in [6.45, 7) is 0.810. The largest absolute Gasteiger partial charge is 0.481 e. The van der Waals surface area contributed by atoms with Crippen LogP contribution in [0.3, 0.4) is 0 Å². The Balaban J connectivity index is 2.33. The summed E-state index contributed by atoms with van der Waals surface area (Å²) in [6, 6.07) is 0. The normalized spacial score (nSPS) is 23.0. The van der Waals surface area contributed by atoms with Gasteiger partial charge in [-0.1, -0.05) is 0 Å². The van der Waals surface area contributed by atoms with Crippen LogP contribution in [-0.4, -0.2) is 25.8 Å². The lowest BCUT2D eigenvalue weighted by Gasteiger charge is -2.22. The molecule has 1 aliphatic heterocycles. The van der Waals surface area contributed by atoms with Gasteiger partial charge in [-0.05, 0) is 35.2 Å². The maximum atomic E-state index is 7.34. The van der Waals surface area contributed by atoms with Crippen LogP contribution in [0.1, 0.15) is 19.3 Å². The molecule has 0 aromatic rings. The smallest absolute Gasteiger partial charge is 0.221 e. The number of hydrogen-bond acceptors (Lipinski definition) is 4. The zero-order chi connectivity index (χ0) is 10.4. The quantitative estimate of drug-likeness (QED) is 0.604. The van der Waals surface area contributed by atoms with Gasteiger partial charge in [0.15, 0.2) is 0 Å². The summed E-state index contributed by atoms with van der Waals surface area (Å²) in [5, 5.41) is 10.4. The van der Waals surface area contributed by atoms with Crippen molar-refractivity contribution in [3.63, 3.8) is 0 Å². The number of halogens is 1. The molecule has 0 amide bonds. The van der Waals surface area contributed by atoms with E-state index in [1.807, 2.05) is 0 Å². The second-order valence-corrected chi connectivity index (χ2v) is 3.90. The van der Waals surface area contributed by atoms with Crippen LogP contribution in [0.5, 0.6) is 0 Å². The fraction of sp³-hybridized carbons (Fsp3) is 0.667. The minimum Gasteiger partial charge on any atom is -0.481 e. The van der Waals surface area contributed by atoms with Crippen LogP contribution in [0.25, 0.3) is 0 Å². The first-order chi connectivity index (χ1) is 6.74. The van der Waals surface area contributed by atoms with Gasteiger partial charge < -0.3 is 14.8 Å². The van der Waals surface area contributed by atoms with Gasteiger partial charge >= 0.3 is 0 Å². The van der Waals surface area contributed by atoms with E-state index in [1.165, 1.54) is 13.5 Å². The molecule has 80 valence electrons. The number of hydrogen-bond donors (Lipinski definition) is 2. The van der Waals surface area contributed by atoms with Crippen LogP contribution >= 0.6 is 15.9 Å². The maximum Gasteiger partial charge on any atom is 0.221 e. The van der Waals surface area contributed by atoms with E-state index >= 15 is 0 Å². The van der Waals surface area contributed by atoms with E-state index in [9.17, 15) is 0 Å². The zero-order valence-corrected chi connectivity index (χ0v) is 9.76. The average molecular weight is 263 g/mol. The summed E-state index contributed by atoms with van der Waals surface area (Å²) in [6.07, 6.45) is 5.10. The summed E-state index contributed by atoms with van der Waals surface area (Å²) >= 11 is 3.22. The first kappa shape index (κ1) is 11.5. The van der Waals surface area contributed by atoms with Crippen molar-refractivity contribution in [3.05, 3.63) is 10.7 Å². The molecule has 1 aliphatic rings. The maximum absolute atomic E-state index is 7.34. The van der Waals surface area contributed by atoms with E-state index in [0.29, 0.717) is 4.48 Å². The van der Waals surface area contributed by atoms with Crippen molar-refractivity contribution in [1.29, 1.82) is 5.41 Å². The predicted octanol–water partition coefficient (Wildman–Crippen LogP) is 1.96. The van der Waals surface area contributed by atoms with Gasteiger partial charge in [0.05, 0.1) is 11.6 Å². The summed E-state index contributed by atoms with van der Waals surface area (Å²) < 4.78 is 10.8. The molecule has 1 fully saturated rings. The topological polar surface area (TPSA) is 54.3 Å². The molecule has 0 radical (unpaired) electrons. The first-order valence-corrected chi connectivity index (χ1v) is 5.39. The first-order valence-electron chi connectivity index (χ1n) is 4.60. The van der Waals surface area contributed by atoms with Crippen molar-refractivity contribution in [3.8, 4) is 0 Å². The molecule has 1 saturated heterocycles. The molecule has 0 aromatic carbocycles. The third kappa shape index (κ3) is 3.67. The Labute approximate surface area is 92.3 Å². The van der Waals surface area contributed by atoms with Crippen molar-refractivity contribution >= 4 is 21.8 Å². The van der Waals surface area contributed by atoms with Crippen LogP contribution in [0.4, 0.5) is 0 Å². The lowest BCUT2D eigenvalue weighted by molar-refractivity contribution is 0.00335. The third-order valence-electron chi connectivity index (χ3n) is 2.00. The standard InChI is InChI=1S/C9H15BrN2O2/c1-13-9(11)7(10)6-12-8-4-2-3-5-14-8/h6,8,11-12H,2-5H2,1H3/b7-6+,11-9?. The van der Waals surface area contributed by atoms with Gasteiger partial charge in [-0.15, -0.1) is 0 Å². The number of nitrogens with one attached hydrogen (secondary N) is 2. The van der Waals surface area contributed by atoms with E-state index in [2.05, 4.69) is 21.2 Å². The highest BCUT2D eigenvalue weighted by Crippen LogP contribution is 2.11. The van der Waals surface area contributed by atoms with Crippen molar-refractivity contribution in [2.45, 2.75) is 25.5 Å². The van der Waals surface area contributed by atoms with E-state index in [4.69, 9.17) is 14.9 Å². The second-order valence-electron chi connectivity index (χ2n) is 3.05. The Morgan fingerprint density at radius 3 is 3.00 bits per heavy atom. The minimum atomic E-state index is 0.0703. The van der Waals surface area contributed by atoms with Crippen LogP contribution in [-0.2, 0) is 9.47 Å². The SMILES string of the molecule is COC(=N)/C(Br)=C\NC1CCCCO1. The Morgan fingerprint density at radius 1 is 1.64 bits per heavy atom. The van der Waals surface area contributed by atoms with Crippen LogP contribution in [0, 0.1) is 5.41 Å². The molecular weight excluding hydrogens is 248 g/mol. The van der Waals surface area contributed by atoms with Gasteiger partial charge in [0, 0.05) is 12.8 Å². The third-order valence-corrected chi connectivity index (χ3v) is 2.59. The summed E-state index contributed by atoms with van der Waals surface area (Å²) in [4.78, 5) is 0. The lowest BCUT2D eigenvalue weighted by atomic mass is 10.2. The number of methoxy groups -OCH3 is 1. The molecule has 5 heteroatoms. The molecule has 14 heavy (non-hydrogen) atoms. The summed E-state index contributed by atoms with van der Waals surface area (Å²) in [5.74, 6) is 0.105. The minimum absolute atomic E-state index is 0.0703. The highest BCUT2D eigenvalue weighted by Gasteiger charge is 2.11. The van der Waals surface area contributed by atoms with E-state index in [1.54, 1.807) is 6.20 Å². The molecule has 1 heterocycles. The molecule has 1 atom stereocenters. The molecule has 0 aromatic heterocycles. The van der Waals surface area contributed by atoms with Crippen molar-refractivity contribution in [2.24, 2.45) is 0 Å². The number of rotatable bonds is 3. The van der Waals surface area contributed by atoms with Gasteiger partial charge in [-0.3, -0.25) is 5.41 Å². The molecule has 1 unspecified atom stereocenters. The van der Waals surface area contributed by atoms with Gasteiger partial charge in [0.1, 0.15) is 6.23 Å². The van der Waals surface area contributed by atoms with Gasteiger partial charge in [-0.2, -0.15) is 0 Å². The lowest BCUT2D eigenvalue weighted by Crippen LogP contribution is -2.31. The predicted molar refractivity (Wildman–Crippen MR) is 58.5 cm³/mol. The Bertz CT molecular complexity index is 225. The fourth-order valence-electron chi connectivity index (χ4n) is 1.20. The highest BCUT2D eigenvalue weighted by molar-refractivity contribution is 9.12. The second kappa shape index (κ2) is 6.03. The van der Waals surface area contributed by atoms with E-state index < -0.39 is 0 Å². The highest BCUT2D eigenvalue weighted by atomic mass is 79.9. The molecule has 0 aliphatic carbocycles. The van der Waals surface area contributed by atoms with Crippen LogP contribution in [0.2, 0.25) is 0 Å². The van der Waals surface area contributed by atoms with Crippen molar-refractivity contribution in [2.75, 3.05) is 13.7 Å². The Hall–Kier alpha value is -0.550. The van der Waals surface area contributed by atoms with Crippen molar-refractivity contribution in [1.82, 2.24) is 5.32 Å². The fourth-order valence-corrected chi connectivity index (χ4v) is 1.50. The molecular formula is C9H15BrN2O2. The molecule has 0 bridgehead atoms.